The van der Waals surface area contributed by atoms with Crippen molar-refractivity contribution < 1.29 is 9.50 Å². The molecular formula is C9H18FNO. The zero-order chi connectivity index (χ0) is 9.62. The molecule has 1 heterocycles. The molecule has 0 saturated carbocycles. The highest BCUT2D eigenvalue weighted by atomic mass is 19.2. The van der Waals surface area contributed by atoms with Crippen molar-refractivity contribution in [2.45, 2.75) is 57.5 Å². The van der Waals surface area contributed by atoms with Crippen LogP contribution in [0.4, 0.5) is 4.39 Å². The number of alkyl halides is 1. The Hall–Kier alpha value is -0.150. The monoisotopic (exact) mass is 175 g/mol. The first-order valence-electron chi connectivity index (χ1n) is 4.33. The fourth-order valence-corrected chi connectivity index (χ4v) is 2.42. The first-order valence-corrected chi connectivity index (χ1v) is 4.33. The zero-order valence-electron chi connectivity index (χ0n) is 8.24. The highest BCUT2D eigenvalue weighted by molar-refractivity contribution is 4.99. The van der Waals surface area contributed by atoms with Crippen LogP contribution in [0, 0.1) is 0 Å². The van der Waals surface area contributed by atoms with Gasteiger partial charge in [-0.05, 0) is 27.7 Å². The summed E-state index contributed by atoms with van der Waals surface area (Å²) in [6.07, 6.45) is 0.312. The van der Waals surface area contributed by atoms with Crippen molar-refractivity contribution in [2.75, 3.05) is 0 Å². The highest BCUT2D eigenvalue weighted by Gasteiger charge is 2.46. The average Bonchev–Trinajstić information content (AvgIpc) is 1.44. The summed E-state index contributed by atoms with van der Waals surface area (Å²) in [5.41, 5.74) is -0.656. The van der Waals surface area contributed by atoms with E-state index in [1.807, 2.05) is 27.7 Å². The van der Waals surface area contributed by atoms with E-state index in [1.165, 1.54) is 0 Å². The van der Waals surface area contributed by atoms with E-state index in [9.17, 15) is 9.50 Å². The lowest BCUT2D eigenvalue weighted by Gasteiger charge is -2.47. The Kier molecular flexibility index (Phi) is 2.00. The molecule has 0 amide bonds. The second-order valence-electron chi connectivity index (χ2n) is 5.16. The van der Waals surface area contributed by atoms with E-state index in [2.05, 4.69) is 5.32 Å². The molecule has 72 valence electrons. The molecule has 1 rings (SSSR count). The molecule has 12 heavy (non-hydrogen) atoms. The Morgan fingerprint density at radius 1 is 1.08 bits per heavy atom. The van der Waals surface area contributed by atoms with Crippen molar-refractivity contribution in [1.29, 1.82) is 0 Å². The largest absolute Gasteiger partial charge is 0.362 e. The standard InChI is InChI=1S/C9H18FNO/c1-7(2)5-9(10,12)6-8(3,4)11-7/h11-12H,5-6H2,1-4H3. The molecule has 2 nitrogen and oxygen atoms in total. The minimum Gasteiger partial charge on any atom is -0.362 e. The number of rotatable bonds is 0. The summed E-state index contributed by atoms with van der Waals surface area (Å²) in [7, 11) is 0. The van der Waals surface area contributed by atoms with Gasteiger partial charge in [0.15, 0.2) is 0 Å². The number of hydrogen-bond acceptors (Lipinski definition) is 2. The van der Waals surface area contributed by atoms with Gasteiger partial charge in [-0.25, -0.2) is 4.39 Å². The molecule has 1 aliphatic heterocycles. The maximum Gasteiger partial charge on any atom is 0.210 e. The minimum absolute atomic E-state index is 0.156. The smallest absolute Gasteiger partial charge is 0.210 e. The second kappa shape index (κ2) is 2.42. The minimum atomic E-state index is -2.02. The van der Waals surface area contributed by atoms with Crippen LogP contribution in [0.15, 0.2) is 0 Å². The molecule has 0 bridgehead atoms. The number of aliphatic hydroxyl groups is 1. The summed E-state index contributed by atoms with van der Waals surface area (Å²) in [5.74, 6) is -2.02. The molecule has 0 radical (unpaired) electrons. The van der Waals surface area contributed by atoms with Gasteiger partial charge < -0.3 is 10.4 Å². The molecule has 1 aliphatic rings. The summed E-state index contributed by atoms with van der Waals surface area (Å²) < 4.78 is 13.4. The van der Waals surface area contributed by atoms with Gasteiger partial charge in [0.25, 0.3) is 0 Å². The number of nitrogens with one attached hydrogen (secondary N) is 1. The molecule has 1 saturated heterocycles. The molecule has 0 aliphatic carbocycles. The topological polar surface area (TPSA) is 32.3 Å². The van der Waals surface area contributed by atoms with Gasteiger partial charge >= 0.3 is 0 Å². The van der Waals surface area contributed by atoms with Gasteiger partial charge in [-0.1, -0.05) is 0 Å². The number of halogens is 1. The van der Waals surface area contributed by atoms with Crippen LogP contribution >= 0.6 is 0 Å². The Labute approximate surface area is 73.2 Å². The number of hydrogen-bond donors (Lipinski definition) is 2. The summed E-state index contributed by atoms with van der Waals surface area (Å²) in [6, 6.07) is 0. The van der Waals surface area contributed by atoms with Gasteiger partial charge in [0.2, 0.25) is 5.85 Å². The summed E-state index contributed by atoms with van der Waals surface area (Å²) in [4.78, 5) is 0. The zero-order valence-corrected chi connectivity index (χ0v) is 8.24. The third-order valence-corrected chi connectivity index (χ3v) is 2.10. The highest BCUT2D eigenvalue weighted by Crippen LogP contribution is 2.36. The average molecular weight is 175 g/mol. The third kappa shape index (κ3) is 2.42. The van der Waals surface area contributed by atoms with Crippen molar-refractivity contribution in [3.63, 3.8) is 0 Å². The molecule has 0 spiro atoms. The molecule has 0 aromatic carbocycles. The van der Waals surface area contributed by atoms with Crippen molar-refractivity contribution in [3.05, 3.63) is 0 Å². The van der Waals surface area contributed by atoms with Crippen LogP contribution in [0.2, 0.25) is 0 Å². The Morgan fingerprint density at radius 3 is 1.67 bits per heavy atom. The Balaban J connectivity index is 2.81. The van der Waals surface area contributed by atoms with Crippen LogP contribution < -0.4 is 5.32 Å². The predicted octanol–water partition coefficient (Wildman–Crippen LogP) is 1.59. The van der Waals surface area contributed by atoms with Crippen molar-refractivity contribution >= 4 is 0 Å². The second-order valence-corrected chi connectivity index (χ2v) is 5.16. The van der Waals surface area contributed by atoms with Gasteiger partial charge in [0.05, 0.1) is 0 Å². The lowest BCUT2D eigenvalue weighted by atomic mass is 9.80. The first-order chi connectivity index (χ1) is 5.12. The van der Waals surface area contributed by atoms with Crippen LogP contribution in [0.25, 0.3) is 0 Å². The number of piperidine rings is 1. The maximum absolute atomic E-state index is 13.4. The van der Waals surface area contributed by atoms with Crippen LogP contribution in [-0.4, -0.2) is 22.0 Å². The van der Waals surface area contributed by atoms with E-state index in [1.54, 1.807) is 0 Å². The van der Waals surface area contributed by atoms with Crippen LogP contribution in [0.3, 0.4) is 0 Å². The lowest BCUT2D eigenvalue weighted by Crippen LogP contribution is -2.62. The van der Waals surface area contributed by atoms with Gasteiger partial charge in [-0.15, -0.1) is 0 Å². The lowest BCUT2D eigenvalue weighted by molar-refractivity contribution is -0.152. The molecule has 3 heteroatoms. The molecule has 0 atom stereocenters. The van der Waals surface area contributed by atoms with Gasteiger partial charge in [0.1, 0.15) is 0 Å². The van der Waals surface area contributed by atoms with E-state index in [-0.39, 0.29) is 23.9 Å². The van der Waals surface area contributed by atoms with Crippen LogP contribution in [0.5, 0.6) is 0 Å². The predicted molar refractivity (Wildman–Crippen MR) is 46.6 cm³/mol. The first kappa shape index (κ1) is 9.93. The van der Waals surface area contributed by atoms with Gasteiger partial charge in [0, 0.05) is 23.9 Å². The molecule has 1 fully saturated rings. The van der Waals surface area contributed by atoms with Crippen molar-refractivity contribution in [3.8, 4) is 0 Å². The maximum atomic E-state index is 13.4. The molecule has 0 aromatic rings. The fourth-order valence-electron chi connectivity index (χ4n) is 2.42. The van der Waals surface area contributed by atoms with E-state index < -0.39 is 5.85 Å². The summed E-state index contributed by atoms with van der Waals surface area (Å²) in [5, 5.41) is 12.6. The Morgan fingerprint density at radius 2 is 1.42 bits per heavy atom. The van der Waals surface area contributed by atoms with E-state index in [0.29, 0.717) is 0 Å². The van der Waals surface area contributed by atoms with Gasteiger partial charge in [-0.2, -0.15) is 0 Å². The SMILES string of the molecule is CC1(C)CC(O)(F)CC(C)(C)N1. The van der Waals surface area contributed by atoms with E-state index in [0.717, 1.165) is 0 Å². The molecule has 0 unspecified atom stereocenters. The molecule has 0 aromatic heterocycles. The fraction of sp³-hybridized carbons (Fsp3) is 1.00. The van der Waals surface area contributed by atoms with Crippen LogP contribution in [-0.2, 0) is 0 Å². The van der Waals surface area contributed by atoms with Crippen LogP contribution in [0.1, 0.15) is 40.5 Å². The third-order valence-electron chi connectivity index (χ3n) is 2.10. The van der Waals surface area contributed by atoms with Gasteiger partial charge in [-0.3, -0.25) is 0 Å². The Bertz CT molecular complexity index is 142. The quantitative estimate of drug-likeness (QED) is 0.586. The van der Waals surface area contributed by atoms with Crippen molar-refractivity contribution in [1.82, 2.24) is 5.32 Å². The summed E-state index contributed by atoms with van der Waals surface area (Å²) >= 11 is 0. The molecular weight excluding hydrogens is 157 g/mol. The van der Waals surface area contributed by atoms with Crippen molar-refractivity contribution in [2.24, 2.45) is 0 Å². The normalized spacial score (nSPS) is 31.5. The summed E-state index contributed by atoms with van der Waals surface area (Å²) in [6.45, 7) is 7.60. The molecule has 2 N–H and O–H groups in total. The van der Waals surface area contributed by atoms with E-state index >= 15 is 0 Å². The van der Waals surface area contributed by atoms with E-state index in [4.69, 9.17) is 0 Å².